The zero-order chi connectivity index (χ0) is 13.9. The number of rotatable bonds is 3. The van der Waals surface area contributed by atoms with Gasteiger partial charge < -0.3 is 15.7 Å². The molecular formula is C16H22N2O2. The van der Waals surface area contributed by atoms with Crippen molar-refractivity contribution in [3.63, 3.8) is 0 Å². The third-order valence-corrected chi connectivity index (χ3v) is 4.41. The fraction of sp³-hybridized carbons (Fsp3) is 0.562. The van der Waals surface area contributed by atoms with Gasteiger partial charge in [0.1, 0.15) is 0 Å². The molecule has 1 aliphatic heterocycles. The summed E-state index contributed by atoms with van der Waals surface area (Å²) >= 11 is 0. The van der Waals surface area contributed by atoms with Crippen molar-refractivity contribution < 1.29 is 9.90 Å². The summed E-state index contributed by atoms with van der Waals surface area (Å²) in [6, 6.07) is 5.92. The summed E-state index contributed by atoms with van der Waals surface area (Å²) in [6.07, 6.45) is 3.70. The normalized spacial score (nSPS) is 25.2. The van der Waals surface area contributed by atoms with Crippen LogP contribution in [0.2, 0.25) is 0 Å². The van der Waals surface area contributed by atoms with E-state index in [0.29, 0.717) is 12.5 Å². The number of amides is 1. The van der Waals surface area contributed by atoms with Gasteiger partial charge in [0.05, 0.1) is 6.10 Å². The Morgan fingerprint density at radius 2 is 2.15 bits per heavy atom. The molecule has 2 aliphatic rings. The van der Waals surface area contributed by atoms with Crippen LogP contribution < -0.4 is 10.6 Å². The average Bonchev–Trinajstić information content (AvgIpc) is 2.92. The fourth-order valence-corrected chi connectivity index (χ4v) is 3.22. The smallest absolute Gasteiger partial charge is 0.251 e. The monoisotopic (exact) mass is 274 g/mol. The molecule has 0 spiro atoms. The Hall–Kier alpha value is -1.39. The Morgan fingerprint density at radius 1 is 1.30 bits per heavy atom. The largest absolute Gasteiger partial charge is 0.393 e. The maximum Gasteiger partial charge on any atom is 0.251 e. The predicted molar refractivity (Wildman–Crippen MR) is 77.3 cm³/mol. The van der Waals surface area contributed by atoms with Crippen molar-refractivity contribution in [1.82, 2.24) is 10.6 Å². The van der Waals surface area contributed by atoms with Gasteiger partial charge in [0.25, 0.3) is 5.91 Å². The highest BCUT2D eigenvalue weighted by Crippen LogP contribution is 2.23. The van der Waals surface area contributed by atoms with Crippen LogP contribution in [0.4, 0.5) is 0 Å². The molecule has 1 aromatic carbocycles. The number of aliphatic hydroxyl groups is 1. The van der Waals surface area contributed by atoms with Gasteiger partial charge in [-0.1, -0.05) is 12.5 Å². The first-order valence-electron chi connectivity index (χ1n) is 7.51. The maximum atomic E-state index is 12.2. The molecule has 1 heterocycles. The van der Waals surface area contributed by atoms with Gasteiger partial charge in [0.15, 0.2) is 0 Å². The van der Waals surface area contributed by atoms with E-state index in [-0.39, 0.29) is 12.0 Å². The van der Waals surface area contributed by atoms with Crippen LogP contribution in [0.15, 0.2) is 18.2 Å². The SMILES string of the molecule is O=C(NCC1CCCC(O)C1)c1ccc2c(c1)CNC2. The molecule has 1 amide bonds. The van der Waals surface area contributed by atoms with Crippen LogP contribution in [0.25, 0.3) is 0 Å². The van der Waals surface area contributed by atoms with Gasteiger partial charge in [-0.25, -0.2) is 0 Å². The van der Waals surface area contributed by atoms with Gasteiger partial charge in [-0.15, -0.1) is 0 Å². The van der Waals surface area contributed by atoms with Crippen molar-refractivity contribution in [3.8, 4) is 0 Å². The van der Waals surface area contributed by atoms with Gasteiger partial charge in [-0.3, -0.25) is 4.79 Å². The first-order chi connectivity index (χ1) is 9.72. The second kappa shape index (κ2) is 5.94. The summed E-state index contributed by atoms with van der Waals surface area (Å²) in [7, 11) is 0. The Labute approximate surface area is 119 Å². The number of aliphatic hydroxyl groups excluding tert-OH is 1. The molecule has 4 heteroatoms. The first kappa shape index (κ1) is 13.6. The van der Waals surface area contributed by atoms with E-state index in [1.54, 1.807) is 0 Å². The van der Waals surface area contributed by atoms with E-state index >= 15 is 0 Å². The van der Waals surface area contributed by atoms with Crippen LogP contribution in [0.5, 0.6) is 0 Å². The molecule has 1 aliphatic carbocycles. The molecular weight excluding hydrogens is 252 g/mol. The Morgan fingerprint density at radius 3 is 3.00 bits per heavy atom. The molecule has 1 aromatic rings. The van der Waals surface area contributed by atoms with E-state index in [1.807, 2.05) is 18.2 Å². The molecule has 20 heavy (non-hydrogen) atoms. The second-order valence-electron chi connectivity index (χ2n) is 5.98. The fourth-order valence-electron chi connectivity index (χ4n) is 3.22. The predicted octanol–water partition coefficient (Wildman–Crippen LogP) is 1.57. The van der Waals surface area contributed by atoms with Gasteiger partial charge in [-0.2, -0.15) is 0 Å². The maximum absolute atomic E-state index is 12.2. The topological polar surface area (TPSA) is 61.4 Å². The van der Waals surface area contributed by atoms with Crippen LogP contribution in [-0.4, -0.2) is 23.7 Å². The van der Waals surface area contributed by atoms with Crippen molar-refractivity contribution in [2.24, 2.45) is 5.92 Å². The molecule has 0 saturated heterocycles. The molecule has 0 aromatic heterocycles. The summed E-state index contributed by atoms with van der Waals surface area (Å²) in [5.41, 5.74) is 3.26. The van der Waals surface area contributed by atoms with E-state index in [9.17, 15) is 9.90 Å². The second-order valence-corrected chi connectivity index (χ2v) is 5.98. The molecule has 1 fully saturated rings. The summed E-state index contributed by atoms with van der Waals surface area (Å²) in [5, 5.41) is 15.9. The summed E-state index contributed by atoms with van der Waals surface area (Å²) in [5.74, 6) is 0.415. The molecule has 4 nitrogen and oxygen atoms in total. The van der Waals surface area contributed by atoms with Crippen molar-refractivity contribution >= 4 is 5.91 Å². The van der Waals surface area contributed by atoms with E-state index in [2.05, 4.69) is 10.6 Å². The van der Waals surface area contributed by atoms with Gasteiger partial charge in [0.2, 0.25) is 0 Å². The number of carbonyl (C=O) groups is 1. The number of benzene rings is 1. The first-order valence-corrected chi connectivity index (χ1v) is 7.51. The van der Waals surface area contributed by atoms with E-state index < -0.39 is 0 Å². The molecule has 0 radical (unpaired) electrons. The van der Waals surface area contributed by atoms with E-state index in [0.717, 1.165) is 44.3 Å². The summed E-state index contributed by atoms with van der Waals surface area (Å²) < 4.78 is 0. The number of nitrogens with one attached hydrogen (secondary N) is 2. The minimum Gasteiger partial charge on any atom is -0.393 e. The van der Waals surface area contributed by atoms with Crippen molar-refractivity contribution in [1.29, 1.82) is 0 Å². The quantitative estimate of drug-likeness (QED) is 0.784. The number of carbonyl (C=O) groups excluding carboxylic acids is 1. The lowest BCUT2D eigenvalue weighted by Crippen LogP contribution is -2.33. The highest BCUT2D eigenvalue weighted by molar-refractivity contribution is 5.94. The van der Waals surface area contributed by atoms with E-state index in [1.165, 1.54) is 11.1 Å². The molecule has 0 bridgehead atoms. The molecule has 108 valence electrons. The number of hydrogen-bond donors (Lipinski definition) is 3. The highest BCUT2D eigenvalue weighted by Gasteiger charge is 2.21. The van der Waals surface area contributed by atoms with Crippen LogP contribution in [0.1, 0.15) is 47.2 Å². The van der Waals surface area contributed by atoms with Gasteiger partial charge in [-0.05, 0) is 48.4 Å². The lowest BCUT2D eigenvalue weighted by molar-refractivity contribution is 0.0873. The molecule has 3 rings (SSSR count). The van der Waals surface area contributed by atoms with Crippen LogP contribution >= 0.6 is 0 Å². The van der Waals surface area contributed by atoms with Crippen LogP contribution in [0.3, 0.4) is 0 Å². The molecule has 2 atom stereocenters. The summed E-state index contributed by atoms with van der Waals surface area (Å²) in [6.45, 7) is 2.42. The lowest BCUT2D eigenvalue weighted by Gasteiger charge is -2.25. The van der Waals surface area contributed by atoms with Crippen molar-refractivity contribution in [2.75, 3.05) is 6.54 Å². The zero-order valence-corrected chi connectivity index (χ0v) is 11.7. The third-order valence-electron chi connectivity index (χ3n) is 4.41. The molecule has 2 unspecified atom stereocenters. The average molecular weight is 274 g/mol. The van der Waals surface area contributed by atoms with Crippen molar-refractivity contribution in [3.05, 3.63) is 34.9 Å². The van der Waals surface area contributed by atoms with Crippen LogP contribution in [-0.2, 0) is 13.1 Å². The Bertz CT molecular complexity index is 501. The lowest BCUT2D eigenvalue weighted by atomic mass is 9.87. The highest BCUT2D eigenvalue weighted by atomic mass is 16.3. The van der Waals surface area contributed by atoms with Gasteiger partial charge in [0, 0.05) is 25.2 Å². The number of fused-ring (bicyclic) bond motifs is 1. The molecule has 3 N–H and O–H groups in total. The minimum atomic E-state index is -0.184. The zero-order valence-electron chi connectivity index (χ0n) is 11.7. The Balaban J connectivity index is 1.56. The standard InChI is InChI=1S/C16H22N2O2/c19-15-3-1-2-11(6-15)8-18-16(20)12-4-5-13-9-17-10-14(13)7-12/h4-5,7,11,15,17,19H,1-3,6,8-10H2,(H,18,20). The minimum absolute atomic E-state index is 0.000219. The Kier molecular flexibility index (Phi) is 4.03. The number of hydrogen-bond acceptors (Lipinski definition) is 3. The molecule has 1 saturated carbocycles. The summed E-state index contributed by atoms with van der Waals surface area (Å²) in [4.78, 5) is 12.2. The van der Waals surface area contributed by atoms with Crippen molar-refractivity contribution in [2.45, 2.75) is 44.9 Å². The van der Waals surface area contributed by atoms with E-state index in [4.69, 9.17) is 0 Å². The van der Waals surface area contributed by atoms with Gasteiger partial charge >= 0.3 is 0 Å². The third kappa shape index (κ3) is 3.02. The van der Waals surface area contributed by atoms with Crippen LogP contribution in [0, 0.1) is 5.92 Å².